The summed E-state index contributed by atoms with van der Waals surface area (Å²) in [7, 11) is 0. The molecule has 2 atom stereocenters. The Morgan fingerprint density at radius 2 is 2.43 bits per heavy atom. The minimum absolute atomic E-state index is 0.289. The fraction of sp³-hybridized carbons (Fsp3) is 0.333. The van der Waals surface area contributed by atoms with Crippen molar-refractivity contribution in [3.8, 4) is 0 Å². The van der Waals surface area contributed by atoms with E-state index in [1.54, 1.807) is 18.3 Å². The quantitative estimate of drug-likeness (QED) is 0.884. The number of pyridine rings is 1. The topological polar surface area (TPSA) is 42.0 Å². The number of rotatable bonds is 2. The number of aromatic nitrogens is 1. The summed E-state index contributed by atoms with van der Waals surface area (Å²) < 4.78 is 13.3. The summed E-state index contributed by atoms with van der Waals surface area (Å²) in [4.78, 5) is 15.2. The third kappa shape index (κ3) is 2.09. The molecule has 14 heavy (non-hydrogen) atoms. The highest BCUT2D eigenvalue weighted by atomic mass is 79.9. The lowest BCUT2D eigenvalue weighted by Crippen LogP contribution is -2.15. The van der Waals surface area contributed by atoms with Gasteiger partial charge in [0.05, 0.1) is 5.92 Å². The van der Waals surface area contributed by atoms with E-state index < -0.39 is 12.1 Å². The van der Waals surface area contributed by atoms with Crippen LogP contribution in [0.1, 0.15) is 6.42 Å². The van der Waals surface area contributed by atoms with Gasteiger partial charge in [-0.25, -0.2) is 9.37 Å². The van der Waals surface area contributed by atoms with E-state index in [1.807, 2.05) is 0 Å². The summed E-state index contributed by atoms with van der Waals surface area (Å²) in [5.41, 5.74) is 0. The largest absolute Gasteiger partial charge is 0.310 e. The maximum Gasteiger partial charge on any atom is 0.231 e. The second-order valence-corrected chi connectivity index (χ2v) is 4.12. The lowest BCUT2D eigenvalue weighted by Gasteiger charge is -2.02. The van der Waals surface area contributed by atoms with Gasteiger partial charge in [0.25, 0.3) is 0 Å². The van der Waals surface area contributed by atoms with Crippen LogP contribution >= 0.6 is 15.9 Å². The highest BCUT2D eigenvalue weighted by molar-refractivity contribution is 9.10. The van der Waals surface area contributed by atoms with Gasteiger partial charge in [0.2, 0.25) is 5.91 Å². The van der Waals surface area contributed by atoms with Gasteiger partial charge in [-0.2, -0.15) is 0 Å². The Labute approximate surface area is 88.8 Å². The highest BCUT2D eigenvalue weighted by Crippen LogP contribution is 2.34. The number of halogens is 2. The maximum absolute atomic E-state index is 12.5. The second kappa shape index (κ2) is 3.65. The lowest BCUT2D eigenvalue weighted by molar-refractivity contribution is -0.117. The Morgan fingerprint density at radius 1 is 1.71 bits per heavy atom. The zero-order chi connectivity index (χ0) is 10.1. The molecule has 0 saturated heterocycles. The molecular weight excluding hydrogens is 251 g/mol. The molecule has 5 heteroatoms. The first kappa shape index (κ1) is 9.58. The van der Waals surface area contributed by atoms with E-state index in [-0.39, 0.29) is 5.91 Å². The third-order valence-corrected chi connectivity index (χ3v) is 2.52. The first-order valence-electron chi connectivity index (χ1n) is 4.23. The normalized spacial score (nSPS) is 24.4. The SMILES string of the molecule is O=C(Nc1cc(Br)ccn1)[C@H]1C[C@@H]1F. The number of nitrogens with zero attached hydrogens (tertiary/aromatic N) is 1. The fourth-order valence-corrected chi connectivity index (χ4v) is 1.46. The Morgan fingerprint density at radius 3 is 3.00 bits per heavy atom. The summed E-state index contributed by atoms with van der Waals surface area (Å²) in [6.07, 6.45) is 0.932. The van der Waals surface area contributed by atoms with Gasteiger partial charge in [0, 0.05) is 10.7 Å². The van der Waals surface area contributed by atoms with Gasteiger partial charge >= 0.3 is 0 Å². The van der Waals surface area contributed by atoms with Crippen LogP contribution in [0, 0.1) is 5.92 Å². The Kier molecular flexibility index (Phi) is 2.50. The van der Waals surface area contributed by atoms with Crippen LogP contribution in [-0.2, 0) is 4.79 Å². The van der Waals surface area contributed by atoms with E-state index in [1.165, 1.54) is 0 Å². The zero-order valence-corrected chi connectivity index (χ0v) is 8.79. The van der Waals surface area contributed by atoms with Crippen LogP contribution in [0.15, 0.2) is 22.8 Å². The standard InChI is InChI=1S/C9H8BrFN2O/c10-5-1-2-12-8(3-5)13-9(14)6-4-7(6)11/h1-3,6-7H,4H2,(H,12,13,14)/t6-,7-/m0/s1. The second-order valence-electron chi connectivity index (χ2n) is 3.21. The molecule has 0 aromatic carbocycles. The van der Waals surface area contributed by atoms with Crippen molar-refractivity contribution < 1.29 is 9.18 Å². The molecule has 0 spiro atoms. The summed E-state index contributed by atoms with van der Waals surface area (Å²) in [6, 6.07) is 3.43. The van der Waals surface area contributed by atoms with Gasteiger partial charge in [-0.05, 0) is 18.6 Å². The predicted molar refractivity (Wildman–Crippen MR) is 53.6 cm³/mol. The molecular formula is C9H8BrFN2O. The van der Waals surface area contributed by atoms with Crippen molar-refractivity contribution in [3.05, 3.63) is 22.8 Å². The molecule has 1 amide bonds. The number of carbonyl (C=O) groups is 1. The van der Waals surface area contributed by atoms with Crippen LogP contribution in [0.3, 0.4) is 0 Å². The van der Waals surface area contributed by atoms with Crippen molar-refractivity contribution in [2.75, 3.05) is 5.32 Å². The average Bonchev–Trinajstić information content (AvgIpc) is 2.82. The Balaban J connectivity index is 2.00. The first-order valence-corrected chi connectivity index (χ1v) is 5.02. The number of carbonyl (C=O) groups excluding carboxylic acids is 1. The predicted octanol–water partition coefficient (Wildman–Crippen LogP) is 2.14. The summed E-state index contributed by atoms with van der Waals surface area (Å²) >= 11 is 3.25. The van der Waals surface area contributed by atoms with Crippen molar-refractivity contribution in [2.24, 2.45) is 5.92 Å². The van der Waals surface area contributed by atoms with Crippen molar-refractivity contribution >= 4 is 27.7 Å². The van der Waals surface area contributed by atoms with Gasteiger partial charge in [-0.3, -0.25) is 4.79 Å². The van der Waals surface area contributed by atoms with Gasteiger partial charge in [-0.1, -0.05) is 15.9 Å². The molecule has 1 N–H and O–H groups in total. The number of nitrogens with one attached hydrogen (secondary N) is 1. The molecule has 0 bridgehead atoms. The maximum atomic E-state index is 12.5. The van der Waals surface area contributed by atoms with Gasteiger partial charge in [0.15, 0.2) is 0 Å². The molecule has 1 saturated carbocycles. The first-order chi connectivity index (χ1) is 6.66. The minimum atomic E-state index is -0.970. The van der Waals surface area contributed by atoms with Gasteiger partial charge in [-0.15, -0.1) is 0 Å². The molecule has 1 fully saturated rings. The highest BCUT2D eigenvalue weighted by Gasteiger charge is 2.43. The van der Waals surface area contributed by atoms with Crippen LogP contribution in [0.2, 0.25) is 0 Å². The number of anilines is 1. The summed E-state index contributed by atoms with van der Waals surface area (Å²) in [6.45, 7) is 0. The molecule has 74 valence electrons. The summed E-state index contributed by atoms with van der Waals surface area (Å²) in [5, 5.41) is 2.56. The van der Waals surface area contributed by atoms with E-state index in [2.05, 4.69) is 26.2 Å². The Bertz CT molecular complexity index is 372. The molecule has 1 heterocycles. The third-order valence-electron chi connectivity index (χ3n) is 2.02. The van der Waals surface area contributed by atoms with Crippen LogP contribution in [0.4, 0.5) is 10.2 Å². The van der Waals surface area contributed by atoms with Crippen molar-refractivity contribution in [2.45, 2.75) is 12.6 Å². The lowest BCUT2D eigenvalue weighted by atomic mass is 10.4. The number of alkyl halides is 1. The molecule has 1 aliphatic rings. The molecule has 0 radical (unpaired) electrons. The van der Waals surface area contributed by atoms with E-state index in [9.17, 15) is 9.18 Å². The van der Waals surface area contributed by atoms with E-state index >= 15 is 0 Å². The molecule has 3 nitrogen and oxygen atoms in total. The van der Waals surface area contributed by atoms with Gasteiger partial charge in [0.1, 0.15) is 12.0 Å². The summed E-state index contributed by atoms with van der Waals surface area (Å²) in [5.74, 6) is -0.317. The van der Waals surface area contributed by atoms with Crippen molar-refractivity contribution in [1.82, 2.24) is 4.98 Å². The molecule has 2 rings (SSSR count). The number of hydrogen-bond acceptors (Lipinski definition) is 2. The van der Waals surface area contributed by atoms with Crippen LogP contribution < -0.4 is 5.32 Å². The molecule has 1 aromatic heterocycles. The average molecular weight is 259 g/mol. The van der Waals surface area contributed by atoms with Crippen LogP contribution in [-0.4, -0.2) is 17.1 Å². The van der Waals surface area contributed by atoms with Crippen LogP contribution in [0.5, 0.6) is 0 Å². The zero-order valence-electron chi connectivity index (χ0n) is 7.21. The van der Waals surface area contributed by atoms with E-state index in [0.29, 0.717) is 12.2 Å². The van der Waals surface area contributed by atoms with E-state index in [0.717, 1.165) is 4.47 Å². The molecule has 0 aliphatic heterocycles. The van der Waals surface area contributed by atoms with Gasteiger partial charge < -0.3 is 5.32 Å². The number of amides is 1. The van der Waals surface area contributed by atoms with Crippen molar-refractivity contribution in [3.63, 3.8) is 0 Å². The fourth-order valence-electron chi connectivity index (χ4n) is 1.13. The van der Waals surface area contributed by atoms with E-state index in [4.69, 9.17) is 0 Å². The molecule has 0 unspecified atom stereocenters. The Hall–Kier alpha value is -0.970. The monoisotopic (exact) mass is 258 g/mol. The van der Waals surface area contributed by atoms with Crippen LogP contribution in [0.25, 0.3) is 0 Å². The molecule has 1 aliphatic carbocycles. The molecule has 1 aromatic rings. The number of hydrogen-bond donors (Lipinski definition) is 1. The smallest absolute Gasteiger partial charge is 0.231 e. The minimum Gasteiger partial charge on any atom is -0.310 e. The van der Waals surface area contributed by atoms with Crippen molar-refractivity contribution in [1.29, 1.82) is 0 Å².